The van der Waals surface area contributed by atoms with Crippen LogP contribution in [-0.4, -0.2) is 49.1 Å². The van der Waals surface area contributed by atoms with Crippen LogP contribution in [0.2, 0.25) is 5.02 Å². The first-order valence-electron chi connectivity index (χ1n) is 9.75. The SMILES string of the molecule is CCN(CC)CCN(C(=O)Cc1ccc(OC)cc1)c1nc2ccc(Cl)cc2s1. The first kappa shape index (κ1) is 21.6. The van der Waals surface area contributed by atoms with Gasteiger partial charge in [-0.25, -0.2) is 4.98 Å². The Bertz CT molecular complexity index is 954. The Balaban J connectivity index is 1.84. The van der Waals surface area contributed by atoms with Crippen LogP contribution in [0.15, 0.2) is 42.5 Å². The van der Waals surface area contributed by atoms with Gasteiger partial charge in [-0.15, -0.1) is 0 Å². The highest BCUT2D eigenvalue weighted by molar-refractivity contribution is 7.22. The van der Waals surface area contributed by atoms with Crippen molar-refractivity contribution >= 4 is 44.2 Å². The quantitative estimate of drug-likeness (QED) is 0.484. The molecule has 3 rings (SSSR count). The predicted octanol–water partition coefficient (Wildman–Crippen LogP) is 4.88. The van der Waals surface area contributed by atoms with Crippen molar-refractivity contribution in [3.63, 3.8) is 0 Å². The van der Waals surface area contributed by atoms with Gasteiger partial charge in [-0.3, -0.25) is 9.69 Å². The van der Waals surface area contributed by atoms with E-state index in [9.17, 15) is 4.79 Å². The molecular formula is C22H26ClN3O2S. The number of rotatable bonds is 9. The molecule has 0 fully saturated rings. The maximum Gasteiger partial charge on any atom is 0.233 e. The lowest BCUT2D eigenvalue weighted by Crippen LogP contribution is -2.39. The molecule has 0 aliphatic heterocycles. The fraction of sp³-hybridized carbons (Fsp3) is 0.364. The summed E-state index contributed by atoms with van der Waals surface area (Å²) in [5.74, 6) is 0.815. The minimum absolute atomic E-state index is 0.0347. The number of halogens is 1. The number of methoxy groups -OCH3 is 1. The molecule has 7 heteroatoms. The van der Waals surface area contributed by atoms with Gasteiger partial charge in [0.05, 0.1) is 23.7 Å². The summed E-state index contributed by atoms with van der Waals surface area (Å²) < 4.78 is 6.19. The Morgan fingerprint density at radius 2 is 1.83 bits per heavy atom. The molecule has 5 nitrogen and oxygen atoms in total. The number of carbonyl (C=O) groups is 1. The molecule has 3 aromatic rings. The van der Waals surface area contributed by atoms with Crippen LogP contribution in [0, 0.1) is 0 Å². The van der Waals surface area contributed by atoms with Gasteiger partial charge in [0.25, 0.3) is 0 Å². The van der Waals surface area contributed by atoms with Gasteiger partial charge in [0.2, 0.25) is 5.91 Å². The van der Waals surface area contributed by atoms with E-state index in [1.54, 1.807) is 12.0 Å². The zero-order valence-electron chi connectivity index (χ0n) is 17.0. The normalized spacial score (nSPS) is 11.2. The summed E-state index contributed by atoms with van der Waals surface area (Å²) in [5, 5.41) is 1.39. The summed E-state index contributed by atoms with van der Waals surface area (Å²) in [6.07, 6.45) is 0.318. The van der Waals surface area contributed by atoms with Crippen LogP contribution in [0.5, 0.6) is 5.75 Å². The highest BCUT2D eigenvalue weighted by Gasteiger charge is 2.21. The molecule has 0 bridgehead atoms. The van der Waals surface area contributed by atoms with Crippen molar-refractivity contribution < 1.29 is 9.53 Å². The van der Waals surface area contributed by atoms with E-state index < -0.39 is 0 Å². The molecule has 0 radical (unpaired) electrons. The van der Waals surface area contributed by atoms with Crippen LogP contribution in [0.1, 0.15) is 19.4 Å². The summed E-state index contributed by atoms with van der Waals surface area (Å²) in [6, 6.07) is 13.2. The van der Waals surface area contributed by atoms with E-state index in [4.69, 9.17) is 21.3 Å². The number of likely N-dealkylation sites (N-methyl/N-ethyl adjacent to an activating group) is 1. The van der Waals surface area contributed by atoms with E-state index in [1.807, 2.05) is 42.5 Å². The molecule has 0 spiro atoms. The van der Waals surface area contributed by atoms with Gasteiger partial charge in [-0.05, 0) is 49.0 Å². The Morgan fingerprint density at radius 3 is 2.48 bits per heavy atom. The number of carbonyl (C=O) groups excluding carboxylic acids is 1. The van der Waals surface area contributed by atoms with E-state index in [0.717, 1.165) is 41.2 Å². The van der Waals surface area contributed by atoms with E-state index in [-0.39, 0.29) is 5.91 Å². The van der Waals surface area contributed by atoms with Crippen molar-refractivity contribution in [2.24, 2.45) is 0 Å². The Labute approximate surface area is 180 Å². The number of benzene rings is 2. The highest BCUT2D eigenvalue weighted by Crippen LogP contribution is 2.31. The molecule has 1 amide bonds. The standard InChI is InChI=1S/C22H26ClN3O2S/c1-4-25(5-2)12-13-26(21(27)14-16-6-9-18(28-3)10-7-16)22-24-19-11-8-17(23)15-20(19)29-22/h6-11,15H,4-5,12-14H2,1-3H3. The molecule has 1 aromatic heterocycles. The van der Waals surface area contributed by atoms with Gasteiger partial charge < -0.3 is 9.64 Å². The summed E-state index contributed by atoms with van der Waals surface area (Å²) >= 11 is 7.63. The summed E-state index contributed by atoms with van der Waals surface area (Å²) in [5.41, 5.74) is 1.81. The molecule has 0 unspecified atom stereocenters. The monoisotopic (exact) mass is 431 g/mol. The van der Waals surface area contributed by atoms with Gasteiger partial charge >= 0.3 is 0 Å². The number of nitrogens with zero attached hydrogens (tertiary/aromatic N) is 3. The lowest BCUT2D eigenvalue weighted by molar-refractivity contribution is -0.118. The molecular weight excluding hydrogens is 406 g/mol. The molecule has 0 atom stereocenters. The zero-order chi connectivity index (χ0) is 20.8. The number of thiazole rings is 1. The summed E-state index contributed by atoms with van der Waals surface area (Å²) in [4.78, 5) is 22.0. The van der Waals surface area contributed by atoms with Crippen molar-refractivity contribution in [1.29, 1.82) is 0 Å². The zero-order valence-corrected chi connectivity index (χ0v) is 18.6. The van der Waals surface area contributed by atoms with Crippen LogP contribution < -0.4 is 9.64 Å². The van der Waals surface area contributed by atoms with Gasteiger partial charge in [0, 0.05) is 18.1 Å². The number of hydrogen-bond donors (Lipinski definition) is 0. The first-order valence-corrected chi connectivity index (χ1v) is 10.9. The smallest absolute Gasteiger partial charge is 0.233 e. The molecule has 0 aliphatic carbocycles. The van der Waals surface area contributed by atoms with Crippen molar-refractivity contribution in [3.8, 4) is 5.75 Å². The summed E-state index contributed by atoms with van der Waals surface area (Å²) in [6.45, 7) is 7.57. The number of aromatic nitrogens is 1. The number of ether oxygens (including phenoxy) is 1. The second-order valence-electron chi connectivity index (χ2n) is 6.71. The lowest BCUT2D eigenvalue weighted by Gasteiger charge is -2.24. The number of hydrogen-bond acceptors (Lipinski definition) is 5. The van der Waals surface area contributed by atoms with Crippen LogP contribution in [-0.2, 0) is 11.2 Å². The molecule has 2 aromatic carbocycles. The maximum atomic E-state index is 13.2. The van der Waals surface area contributed by atoms with Crippen molar-refractivity contribution in [2.75, 3.05) is 38.2 Å². The summed E-state index contributed by atoms with van der Waals surface area (Å²) in [7, 11) is 1.63. The third kappa shape index (κ3) is 5.47. The molecule has 0 saturated carbocycles. The molecule has 0 N–H and O–H groups in total. The van der Waals surface area contributed by atoms with Gasteiger partial charge in [-0.2, -0.15) is 0 Å². The number of amides is 1. The first-order chi connectivity index (χ1) is 14.0. The Kier molecular flexibility index (Phi) is 7.47. The van der Waals surface area contributed by atoms with Crippen LogP contribution in [0.3, 0.4) is 0 Å². The highest BCUT2D eigenvalue weighted by atomic mass is 35.5. The van der Waals surface area contributed by atoms with Crippen molar-refractivity contribution in [2.45, 2.75) is 20.3 Å². The molecule has 29 heavy (non-hydrogen) atoms. The second kappa shape index (κ2) is 10.1. The second-order valence-corrected chi connectivity index (χ2v) is 8.15. The van der Waals surface area contributed by atoms with Crippen LogP contribution >= 0.6 is 22.9 Å². The van der Waals surface area contributed by atoms with E-state index in [1.165, 1.54) is 11.3 Å². The van der Waals surface area contributed by atoms with E-state index in [2.05, 4.69) is 18.7 Å². The predicted molar refractivity (Wildman–Crippen MR) is 121 cm³/mol. The largest absolute Gasteiger partial charge is 0.497 e. The van der Waals surface area contributed by atoms with E-state index >= 15 is 0 Å². The minimum atomic E-state index is 0.0347. The molecule has 1 heterocycles. The number of anilines is 1. The fourth-order valence-corrected chi connectivity index (χ4v) is 4.41. The molecule has 154 valence electrons. The lowest BCUT2D eigenvalue weighted by atomic mass is 10.1. The van der Waals surface area contributed by atoms with Gasteiger partial charge in [-0.1, -0.05) is 48.9 Å². The van der Waals surface area contributed by atoms with Crippen molar-refractivity contribution in [1.82, 2.24) is 9.88 Å². The third-order valence-electron chi connectivity index (χ3n) is 4.92. The van der Waals surface area contributed by atoms with Crippen LogP contribution in [0.4, 0.5) is 5.13 Å². The topological polar surface area (TPSA) is 45.7 Å². The van der Waals surface area contributed by atoms with Gasteiger partial charge in [0.1, 0.15) is 5.75 Å². The Morgan fingerprint density at radius 1 is 1.10 bits per heavy atom. The minimum Gasteiger partial charge on any atom is -0.497 e. The third-order valence-corrected chi connectivity index (χ3v) is 6.20. The van der Waals surface area contributed by atoms with Gasteiger partial charge in [0.15, 0.2) is 5.13 Å². The molecule has 0 saturated heterocycles. The molecule has 0 aliphatic rings. The number of fused-ring (bicyclic) bond motifs is 1. The van der Waals surface area contributed by atoms with E-state index in [0.29, 0.717) is 23.1 Å². The average molecular weight is 432 g/mol. The Hall–Kier alpha value is -2.15. The maximum absolute atomic E-state index is 13.2. The van der Waals surface area contributed by atoms with Crippen LogP contribution in [0.25, 0.3) is 10.2 Å². The van der Waals surface area contributed by atoms with Crippen molar-refractivity contribution in [3.05, 3.63) is 53.1 Å². The average Bonchev–Trinajstić information content (AvgIpc) is 3.14. The fourth-order valence-electron chi connectivity index (χ4n) is 3.12.